The molecule has 26 heavy (non-hydrogen) atoms. The van der Waals surface area contributed by atoms with E-state index in [4.69, 9.17) is 31.6 Å². The summed E-state index contributed by atoms with van der Waals surface area (Å²) in [5.74, 6) is 0. The third-order valence-corrected chi connectivity index (χ3v) is 3.34. The van der Waals surface area contributed by atoms with Crippen molar-refractivity contribution in [3.8, 4) is 0 Å². The first-order valence-corrected chi connectivity index (χ1v) is 7.64. The molecule has 0 spiro atoms. The van der Waals surface area contributed by atoms with Gasteiger partial charge in [-0.2, -0.15) is 0 Å². The molecule has 0 heterocycles. The molecule has 0 fully saturated rings. The van der Waals surface area contributed by atoms with Crippen molar-refractivity contribution in [2.45, 2.75) is 13.8 Å². The fourth-order valence-corrected chi connectivity index (χ4v) is 1.85. The topological polar surface area (TPSA) is 214 Å². The van der Waals surface area contributed by atoms with Crippen molar-refractivity contribution < 1.29 is 9.47 Å². The van der Waals surface area contributed by atoms with E-state index >= 15 is 0 Å². The highest BCUT2D eigenvalue weighted by molar-refractivity contribution is 4.81. The summed E-state index contributed by atoms with van der Waals surface area (Å²) in [7, 11) is 0. The van der Waals surface area contributed by atoms with E-state index in [1.807, 2.05) is 0 Å². The number of hydrogen-bond donors (Lipinski definition) is 0. The maximum atomic E-state index is 8.43. The van der Waals surface area contributed by atoms with Gasteiger partial charge in [-0.3, -0.25) is 0 Å². The first kappa shape index (κ1) is 23.2. The van der Waals surface area contributed by atoms with Gasteiger partial charge in [-0.1, -0.05) is 34.3 Å². The van der Waals surface area contributed by atoms with Crippen LogP contribution in [0.3, 0.4) is 0 Å². The van der Waals surface area contributed by atoms with Crippen molar-refractivity contribution in [1.29, 1.82) is 0 Å². The Kier molecular flexibility index (Phi) is 12.0. The minimum Gasteiger partial charge on any atom is -0.378 e. The Balaban J connectivity index is 4.35. The number of hydrogen-bond acceptors (Lipinski definition) is 6. The van der Waals surface area contributed by atoms with Crippen molar-refractivity contribution in [3.05, 3.63) is 41.8 Å². The molecule has 0 aromatic carbocycles. The van der Waals surface area contributed by atoms with Crippen LogP contribution in [0.1, 0.15) is 13.8 Å². The number of azide groups is 4. The fraction of sp³-hybridized carbons (Fsp3) is 1.00. The average molecular weight is 366 g/mol. The normalized spacial score (nSPS) is 14.4. The third kappa shape index (κ3) is 10.8. The fourth-order valence-electron chi connectivity index (χ4n) is 1.85. The zero-order valence-corrected chi connectivity index (χ0v) is 14.8. The van der Waals surface area contributed by atoms with Gasteiger partial charge in [-0.05, 0) is 22.1 Å². The van der Waals surface area contributed by atoms with Crippen LogP contribution in [0.15, 0.2) is 20.5 Å². The summed E-state index contributed by atoms with van der Waals surface area (Å²) in [4.78, 5) is 10.8. The Bertz CT molecular complexity index is 518. The number of ether oxygens (including phenoxy) is 2. The van der Waals surface area contributed by atoms with Gasteiger partial charge < -0.3 is 9.47 Å². The van der Waals surface area contributed by atoms with Crippen LogP contribution in [0.25, 0.3) is 41.8 Å². The van der Waals surface area contributed by atoms with Crippen LogP contribution in [0, 0.1) is 10.8 Å². The molecular formula is C12H22N12O2. The van der Waals surface area contributed by atoms with E-state index in [-0.39, 0.29) is 52.6 Å². The number of nitrogens with zero attached hydrogens (tertiary/aromatic N) is 12. The molecule has 0 atom stereocenters. The molecule has 0 unspecified atom stereocenters. The summed E-state index contributed by atoms with van der Waals surface area (Å²) in [6.07, 6.45) is 0. The monoisotopic (exact) mass is 366 g/mol. The second-order valence-electron chi connectivity index (χ2n) is 6.28. The maximum absolute atomic E-state index is 8.43. The van der Waals surface area contributed by atoms with E-state index < -0.39 is 10.8 Å². The lowest BCUT2D eigenvalue weighted by atomic mass is 9.92. The smallest absolute Gasteiger partial charge is 0.0700 e. The van der Waals surface area contributed by atoms with Crippen molar-refractivity contribution >= 4 is 0 Å². The predicted molar refractivity (Wildman–Crippen MR) is 93.9 cm³/mol. The van der Waals surface area contributed by atoms with Crippen LogP contribution < -0.4 is 0 Å². The second-order valence-corrected chi connectivity index (χ2v) is 6.28. The summed E-state index contributed by atoms with van der Waals surface area (Å²) in [5, 5.41) is 14.0. The maximum Gasteiger partial charge on any atom is 0.0700 e. The molecule has 142 valence electrons. The Morgan fingerprint density at radius 2 is 0.885 bits per heavy atom. The van der Waals surface area contributed by atoms with E-state index in [1.165, 1.54) is 0 Å². The minimum atomic E-state index is -0.601. The predicted octanol–water partition coefficient (Wildman–Crippen LogP) is 4.27. The molecule has 0 aliphatic rings. The van der Waals surface area contributed by atoms with Gasteiger partial charge in [0.2, 0.25) is 0 Å². The largest absolute Gasteiger partial charge is 0.378 e. The van der Waals surface area contributed by atoms with Gasteiger partial charge in [0.05, 0.1) is 26.4 Å². The van der Waals surface area contributed by atoms with Gasteiger partial charge in [0.1, 0.15) is 0 Å². The zero-order chi connectivity index (χ0) is 19.7. The average Bonchev–Trinajstić information content (AvgIpc) is 2.64. The van der Waals surface area contributed by atoms with Crippen molar-refractivity contribution in [3.63, 3.8) is 0 Å². The Morgan fingerprint density at radius 3 is 1.12 bits per heavy atom. The summed E-state index contributed by atoms with van der Waals surface area (Å²) in [6, 6.07) is 0. The molecule has 14 nitrogen and oxygen atoms in total. The van der Waals surface area contributed by atoms with E-state index in [0.29, 0.717) is 0 Å². The van der Waals surface area contributed by atoms with Gasteiger partial charge in [0, 0.05) is 56.7 Å². The van der Waals surface area contributed by atoms with E-state index in [2.05, 4.69) is 40.1 Å². The summed E-state index contributed by atoms with van der Waals surface area (Å²) in [6.45, 7) is 5.11. The van der Waals surface area contributed by atoms with Crippen molar-refractivity contribution in [1.82, 2.24) is 0 Å². The van der Waals surface area contributed by atoms with Crippen molar-refractivity contribution in [2.75, 3.05) is 52.6 Å². The lowest BCUT2D eigenvalue weighted by Gasteiger charge is -2.27. The van der Waals surface area contributed by atoms with Gasteiger partial charge >= 0.3 is 0 Å². The Labute approximate surface area is 150 Å². The highest BCUT2D eigenvalue weighted by Gasteiger charge is 2.24. The van der Waals surface area contributed by atoms with E-state index in [1.54, 1.807) is 13.8 Å². The molecule has 0 rings (SSSR count). The molecule has 14 heteroatoms. The van der Waals surface area contributed by atoms with Crippen LogP contribution in [-0.4, -0.2) is 52.6 Å². The van der Waals surface area contributed by atoms with Gasteiger partial charge in [-0.25, -0.2) is 0 Å². The third-order valence-electron chi connectivity index (χ3n) is 3.34. The van der Waals surface area contributed by atoms with Crippen molar-refractivity contribution in [2.24, 2.45) is 31.3 Å². The van der Waals surface area contributed by atoms with Gasteiger partial charge in [0.25, 0.3) is 0 Å². The van der Waals surface area contributed by atoms with Crippen LogP contribution in [0.4, 0.5) is 0 Å². The first-order valence-electron chi connectivity index (χ1n) is 7.64. The second kappa shape index (κ2) is 13.5. The van der Waals surface area contributed by atoms with Gasteiger partial charge in [0.15, 0.2) is 0 Å². The van der Waals surface area contributed by atoms with Crippen LogP contribution >= 0.6 is 0 Å². The molecular weight excluding hydrogens is 344 g/mol. The molecule has 0 amide bonds. The summed E-state index contributed by atoms with van der Waals surface area (Å²) >= 11 is 0. The van der Waals surface area contributed by atoms with Gasteiger partial charge in [-0.15, -0.1) is 0 Å². The molecule has 0 radical (unpaired) electrons. The Hall–Kier alpha value is -2.84. The highest BCUT2D eigenvalue weighted by Crippen LogP contribution is 2.20. The molecule has 0 aromatic rings. The highest BCUT2D eigenvalue weighted by atomic mass is 16.5. The molecule has 0 N–H and O–H groups in total. The molecule has 0 bridgehead atoms. The molecule has 0 aliphatic heterocycles. The molecule has 0 saturated heterocycles. The zero-order valence-electron chi connectivity index (χ0n) is 14.8. The van der Waals surface area contributed by atoms with Crippen LogP contribution in [-0.2, 0) is 9.47 Å². The number of rotatable bonds is 15. The van der Waals surface area contributed by atoms with Crippen LogP contribution in [0.5, 0.6) is 0 Å². The SMILES string of the molecule is CC(CN=[N+]=[N-])(CN=[N+]=[N-])COCCOCC(C)(CN=[N+]=[N-])CN=[N+]=[N-]. The Morgan fingerprint density at radius 1 is 0.615 bits per heavy atom. The molecule has 0 aliphatic carbocycles. The minimum absolute atomic E-state index is 0.139. The lowest BCUT2D eigenvalue weighted by molar-refractivity contribution is -0.00565. The lowest BCUT2D eigenvalue weighted by Crippen LogP contribution is -2.32. The summed E-state index contributed by atoms with van der Waals surface area (Å²) in [5.41, 5.74) is 32.5. The molecule has 0 aromatic heterocycles. The standard InChI is InChI=1S/C12H22N12O2/c1-11(5-17-21-13,6-18-22-14)9-25-3-4-26-10-12(2,7-19-23-15)8-20-24-16/h3-10H2,1-2H3. The van der Waals surface area contributed by atoms with Crippen LogP contribution in [0.2, 0.25) is 0 Å². The first-order chi connectivity index (χ1) is 12.4. The molecule has 0 saturated carbocycles. The van der Waals surface area contributed by atoms with E-state index in [9.17, 15) is 0 Å². The summed E-state index contributed by atoms with van der Waals surface area (Å²) < 4.78 is 11.0. The quantitative estimate of drug-likeness (QED) is 0.179. The van der Waals surface area contributed by atoms with E-state index in [0.717, 1.165) is 0 Å².